The van der Waals surface area contributed by atoms with Crippen LogP contribution < -0.4 is 5.73 Å². The molecule has 0 radical (unpaired) electrons. The number of hydrogen-bond acceptors (Lipinski definition) is 12. The lowest BCUT2D eigenvalue weighted by Gasteiger charge is -2.42. The molecular formula is C18H30N2O11. The van der Waals surface area contributed by atoms with Crippen molar-refractivity contribution < 1.29 is 54.8 Å². The molecule has 178 valence electrons. The van der Waals surface area contributed by atoms with E-state index in [1.54, 1.807) is 0 Å². The van der Waals surface area contributed by atoms with Gasteiger partial charge >= 0.3 is 5.97 Å². The Labute approximate surface area is 178 Å². The smallest absolute Gasteiger partial charge is 0.331 e. The largest absolute Gasteiger partial charge is 0.493 e. The molecule has 1 fully saturated rings. The van der Waals surface area contributed by atoms with Gasteiger partial charge in [-0.15, -0.1) is 0 Å². The Morgan fingerprint density at radius 1 is 1.32 bits per heavy atom. The summed E-state index contributed by atoms with van der Waals surface area (Å²) in [5.41, 5.74) is 4.32. The van der Waals surface area contributed by atoms with Crippen LogP contribution in [0.5, 0.6) is 0 Å². The van der Waals surface area contributed by atoms with Crippen molar-refractivity contribution in [2.75, 3.05) is 20.3 Å². The molecule has 1 aliphatic heterocycles. The van der Waals surface area contributed by atoms with Crippen molar-refractivity contribution in [3.05, 3.63) is 11.5 Å². The molecule has 1 saturated heterocycles. The second-order valence-corrected chi connectivity index (χ2v) is 7.74. The molecule has 0 aromatic rings. The molecule has 13 heteroatoms. The third-order valence-corrected chi connectivity index (χ3v) is 5.16. The SMILES string of the molecule is COC1=C(N)CC(O)(COC2C(CO)OC(O)C(O)C2O)CC1=NC(C(=O)O)C(C)O. The number of allylic oxidation sites excluding steroid dienone is 1. The first-order chi connectivity index (χ1) is 14.4. The Hall–Kier alpha value is -1.84. The highest BCUT2D eigenvalue weighted by atomic mass is 16.7. The van der Waals surface area contributed by atoms with Gasteiger partial charge in [-0.1, -0.05) is 0 Å². The fraction of sp³-hybridized carbons (Fsp3) is 0.778. The number of carboxylic acid groups (broad SMARTS) is 1. The molecule has 0 saturated carbocycles. The summed E-state index contributed by atoms with van der Waals surface area (Å²) in [6.07, 6.45) is -9.24. The van der Waals surface area contributed by atoms with Gasteiger partial charge in [-0.25, -0.2) is 4.79 Å². The summed E-state index contributed by atoms with van der Waals surface area (Å²) in [5.74, 6) is -1.31. The van der Waals surface area contributed by atoms with Crippen molar-refractivity contribution in [3.8, 4) is 0 Å². The molecule has 31 heavy (non-hydrogen) atoms. The lowest BCUT2D eigenvalue weighted by Crippen LogP contribution is -2.60. The number of carbonyl (C=O) groups is 1. The number of carboxylic acids is 1. The van der Waals surface area contributed by atoms with Crippen molar-refractivity contribution in [2.24, 2.45) is 10.7 Å². The van der Waals surface area contributed by atoms with Crippen molar-refractivity contribution in [3.63, 3.8) is 0 Å². The Morgan fingerprint density at radius 2 is 1.97 bits per heavy atom. The van der Waals surface area contributed by atoms with E-state index in [-0.39, 0.29) is 30.0 Å². The van der Waals surface area contributed by atoms with E-state index in [9.17, 15) is 40.5 Å². The number of ether oxygens (including phenoxy) is 3. The molecule has 2 aliphatic rings. The first-order valence-corrected chi connectivity index (χ1v) is 9.59. The molecule has 0 aromatic heterocycles. The zero-order valence-electron chi connectivity index (χ0n) is 17.2. The maximum atomic E-state index is 11.4. The maximum absolute atomic E-state index is 11.4. The van der Waals surface area contributed by atoms with Gasteiger partial charge in [0.1, 0.15) is 24.4 Å². The second-order valence-electron chi connectivity index (χ2n) is 7.74. The Balaban J connectivity index is 2.25. The van der Waals surface area contributed by atoms with Gasteiger partial charge in [0, 0.05) is 12.8 Å². The highest BCUT2D eigenvalue weighted by Gasteiger charge is 2.46. The summed E-state index contributed by atoms with van der Waals surface area (Å²) in [6, 6.07) is -1.53. The minimum Gasteiger partial charge on any atom is -0.493 e. The molecular weight excluding hydrogens is 420 g/mol. The number of nitrogens with zero attached hydrogens (tertiary/aromatic N) is 1. The molecule has 8 unspecified atom stereocenters. The summed E-state index contributed by atoms with van der Waals surface area (Å²) in [7, 11) is 1.30. The van der Waals surface area contributed by atoms with Crippen LogP contribution in [0.2, 0.25) is 0 Å². The van der Waals surface area contributed by atoms with Crippen LogP contribution in [-0.2, 0) is 19.0 Å². The minimum atomic E-state index is -1.72. The number of aliphatic hydroxyl groups is 6. The fourth-order valence-electron chi connectivity index (χ4n) is 3.59. The van der Waals surface area contributed by atoms with Crippen LogP contribution >= 0.6 is 0 Å². The van der Waals surface area contributed by atoms with E-state index in [1.807, 2.05) is 0 Å². The molecule has 13 nitrogen and oxygen atoms in total. The van der Waals surface area contributed by atoms with E-state index in [0.717, 1.165) is 0 Å². The van der Waals surface area contributed by atoms with E-state index in [4.69, 9.17) is 19.9 Å². The van der Waals surface area contributed by atoms with Gasteiger partial charge in [0.15, 0.2) is 18.1 Å². The van der Waals surface area contributed by atoms with Crippen LogP contribution in [0.4, 0.5) is 0 Å². The quantitative estimate of drug-likeness (QED) is 0.180. The van der Waals surface area contributed by atoms with E-state index < -0.39 is 67.6 Å². The number of methoxy groups -OCH3 is 1. The zero-order chi connectivity index (χ0) is 23.5. The van der Waals surface area contributed by atoms with E-state index in [0.29, 0.717) is 0 Å². The van der Waals surface area contributed by atoms with E-state index >= 15 is 0 Å². The molecule has 0 aromatic carbocycles. The number of aliphatic hydroxyl groups excluding tert-OH is 5. The van der Waals surface area contributed by atoms with E-state index in [2.05, 4.69) is 4.99 Å². The first kappa shape index (κ1) is 25.4. The Morgan fingerprint density at radius 3 is 2.48 bits per heavy atom. The summed E-state index contributed by atoms with van der Waals surface area (Å²) in [6.45, 7) is 0.140. The summed E-state index contributed by atoms with van der Waals surface area (Å²) >= 11 is 0. The number of nitrogens with two attached hydrogens (primary N) is 1. The predicted molar refractivity (Wildman–Crippen MR) is 103 cm³/mol. The highest BCUT2D eigenvalue weighted by Crippen LogP contribution is 2.32. The van der Waals surface area contributed by atoms with Crippen LogP contribution in [0.15, 0.2) is 16.4 Å². The van der Waals surface area contributed by atoms with Gasteiger partial charge in [0.2, 0.25) is 0 Å². The minimum absolute atomic E-state index is 0.000239. The van der Waals surface area contributed by atoms with Crippen molar-refractivity contribution in [1.82, 2.24) is 0 Å². The van der Waals surface area contributed by atoms with Gasteiger partial charge in [-0.3, -0.25) is 4.99 Å². The normalized spacial score (nSPS) is 37.5. The molecule has 2 rings (SSSR count). The second kappa shape index (κ2) is 10.2. The summed E-state index contributed by atoms with van der Waals surface area (Å²) in [5, 5.41) is 69.0. The monoisotopic (exact) mass is 450 g/mol. The molecule has 0 amide bonds. The zero-order valence-corrected chi connectivity index (χ0v) is 17.2. The van der Waals surface area contributed by atoms with Crippen molar-refractivity contribution >= 4 is 11.7 Å². The Kier molecular flexibility index (Phi) is 8.35. The molecule has 0 spiro atoms. The maximum Gasteiger partial charge on any atom is 0.331 e. The van der Waals surface area contributed by atoms with E-state index in [1.165, 1.54) is 14.0 Å². The lowest BCUT2D eigenvalue weighted by molar-refractivity contribution is -0.298. The molecule has 9 N–H and O–H groups in total. The average molecular weight is 450 g/mol. The topological polar surface area (TPSA) is 225 Å². The van der Waals surface area contributed by atoms with Crippen molar-refractivity contribution in [2.45, 2.75) is 68.2 Å². The third-order valence-electron chi connectivity index (χ3n) is 5.16. The standard InChI is InChI=1S/C18H30N2O11/c1-7(22)11(16(25)26)20-9-4-18(28,3-8(19)14(9)29-2)6-30-15-10(5-21)31-17(27)13(24)12(15)23/h7,10-13,15,17,21-24,27-28H,3-6,19H2,1-2H3,(H,25,26). The Bertz CT molecular complexity index is 711. The van der Waals surface area contributed by atoms with Crippen LogP contribution in [0.1, 0.15) is 19.8 Å². The summed E-state index contributed by atoms with van der Waals surface area (Å²) in [4.78, 5) is 15.4. The van der Waals surface area contributed by atoms with Gasteiger partial charge in [-0.05, 0) is 6.92 Å². The molecule has 1 aliphatic carbocycles. The predicted octanol–water partition coefficient (Wildman–Crippen LogP) is -3.58. The first-order valence-electron chi connectivity index (χ1n) is 9.59. The van der Waals surface area contributed by atoms with Gasteiger partial charge in [0.25, 0.3) is 0 Å². The highest BCUT2D eigenvalue weighted by molar-refractivity contribution is 6.01. The van der Waals surface area contributed by atoms with Gasteiger partial charge in [0.05, 0.1) is 43.4 Å². The molecule has 8 atom stereocenters. The molecule has 1 heterocycles. The molecule has 0 bridgehead atoms. The fourth-order valence-corrected chi connectivity index (χ4v) is 3.59. The van der Waals surface area contributed by atoms with Crippen LogP contribution in [0.25, 0.3) is 0 Å². The number of aliphatic carboxylic acids is 1. The average Bonchev–Trinajstić information content (AvgIpc) is 2.68. The summed E-state index contributed by atoms with van der Waals surface area (Å²) < 4.78 is 15.7. The van der Waals surface area contributed by atoms with Crippen LogP contribution in [0, 0.1) is 0 Å². The van der Waals surface area contributed by atoms with Gasteiger partial charge in [-0.2, -0.15) is 0 Å². The van der Waals surface area contributed by atoms with Crippen LogP contribution in [-0.4, -0.2) is 116 Å². The number of hydrogen-bond donors (Lipinski definition) is 8. The van der Waals surface area contributed by atoms with Crippen LogP contribution in [0.3, 0.4) is 0 Å². The lowest BCUT2D eigenvalue weighted by atomic mass is 9.85. The van der Waals surface area contributed by atoms with Crippen molar-refractivity contribution in [1.29, 1.82) is 0 Å². The third kappa shape index (κ3) is 5.70. The number of aliphatic imine (C=N–C) groups is 1. The number of rotatable bonds is 8. The van der Waals surface area contributed by atoms with Gasteiger partial charge < -0.3 is 55.7 Å².